The SMILES string of the molecule is Nc1ncc(Cl)cc1C(=O)c1cc(F)ccc1Br. The number of hydrogen-bond acceptors (Lipinski definition) is 3. The molecule has 0 aliphatic carbocycles. The lowest BCUT2D eigenvalue weighted by Gasteiger charge is -2.06. The van der Waals surface area contributed by atoms with E-state index < -0.39 is 11.6 Å². The van der Waals surface area contributed by atoms with E-state index in [9.17, 15) is 9.18 Å². The quantitative estimate of drug-likeness (QED) is 0.859. The molecule has 0 aliphatic rings. The lowest BCUT2D eigenvalue weighted by molar-refractivity contribution is 0.103. The summed E-state index contributed by atoms with van der Waals surface area (Å²) in [7, 11) is 0. The number of ketones is 1. The molecule has 1 aromatic heterocycles. The fourth-order valence-electron chi connectivity index (χ4n) is 1.45. The van der Waals surface area contributed by atoms with Crippen LogP contribution in [0.1, 0.15) is 15.9 Å². The van der Waals surface area contributed by atoms with Crippen LogP contribution in [-0.2, 0) is 0 Å². The van der Waals surface area contributed by atoms with Crippen LogP contribution >= 0.6 is 27.5 Å². The van der Waals surface area contributed by atoms with E-state index in [1.165, 1.54) is 24.4 Å². The molecule has 6 heteroatoms. The molecule has 0 radical (unpaired) electrons. The van der Waals surface area contributed by atoms with Gasteiger partial charge in [0, 0.05) is 16.2 Å². The third-order valence-electron chi connectivity index (χ3n) is 2.30. The maximum absolute atomic E-state index is 13.2. The minimum atomic E-state index is -0.505. The van der Waals surface area contributed by atoms with Gasteiger partial charge in [-0.1, -0.05) is 27.5 Å². The van der Waals surface area contributed by atoms with Crippen molar-refractivity contribution in [2.45, 2.75) is 0 Å². The van der Waals surface area contributed by atoms with Crippen molar-refractivity contribution in [1.82, 2.24) is 4.98 Å². The molecular formula is C12H7BrClFN2O. The zero-order valence-electron chi connectivity index (χ0n) is 8.95. The monoisotopic (exact) mass is 328 g/mol. The standard InChI is InChI=1S/C12H7BrClFN2O/c13-10-2-1-7(15)4-8(10)11(18)9-3-6(14)5-17-12(9)16/h1-5H,(H2,16,17). The van der Waals surface area contributed by atoms with Crippen LogP contribution in [0.5, 0.6) is 0 Å². The summed E-state index contributed by atoms with van der Waals surface area (Å²) in [4.78, 5) is 16.0. The molecule has 2 N–H and O–H groups in total. The van der Waals surface area contributed by atoms with Crippen molar-refractivity contribution in [3.05, 3.63) is 56.9 Å². The first-order chi connectivity index (χ1) is 8.49. The van der Waals surface area contributed by atoms with Crippen molar-refractivity contribution in [1.29, 1.82) is 0 Å². The molecule has 2 aromatic rings. The Bertz CT molecular complexity index is 580. The normalized spacial score (nSPS) is 10.4. The summed E-state index contributed by atoms with van der Waals surface area (Å²) in [6.07, 6.45) is 1.34. The van der Waals surface area contributed by atoms with Gasteiger partial charge < -0.3 is 5.73 Å². The second-order valence-electron chi connectivity index (χ2n) is 3.54. The minimum Gasteiger partial charge on any atom is -0.383 e. The number of carbonyl (C=O) groups is 1. The summed E-state index contributed by atoms with van der Waals surface area (Å²) in [5.74, 6) is -0.885. The summed E-state index contributed by atoms with van der Waals surface area (Å²) < 4.78 is 13.6. The molecule has 0 saturated carbocycles. The van der Waals surface area contributed by atoms with Crippen LogP contribution in [0.2, 0.25) is 5.02 Å². The number of nitrogen functional groups attached to an aromatic ring is 1. The molecule has 18 heavy (non-hydrogen) atoms. The smallest absolute Gasteiger partial charge is 0.198 e. The number of aromatic nitrogens is 1. The summed E-state index contributed by atoms with van der Waals surface area (Å²) >= 11 is 8.95. The number of nitrogens with two attached hydrogens (primary N) is 1. The Balaban J connectivity index is 2.54. The summed E-state index contributed by atoms with van der Waals surface area (Å²) in [5, 5.41) is 0.292. The summed E-state index contributed by atoms with van der Waals surface area (Å²) in [5.41, 5.74) is 5.94. The first-order valence-electron chi connectivity index (χ1n) is 4.90. The van der Waals surface area contributed by atoms with Gasteiger partial charge in [-0.2, -0.15) is 0 Å². The van der Waals surface area contributed by atoms with Crippen molar-refractivity contribution in [3.8, 4) is 0 Å². The van der Waals surface area contributed by atoms with Gasteiger partial charge in [0.25, 0.3) is 0 Å². The zero-order chi connectivity index (χ0) is 13.3. The average Bonchev–Trinajstić information content (AvgIpc) is 2.34. The molecule has 92 valence electrons. The molecule has 0 amide bonds. The second kappa shape index (κ2) is 5.04. The lowest BCUT2D eigenvalue weighted by Crippen LogP contribution is -2.08. The van der Waals surface area contributed by atoms with Crippen LogP contribution in [0.3, 0.4) is 0 Å². The van der Waals surface area contributed by atoms with E-state index in [-0.39, 0.29) is 16.9 Å². The second-order valence-corrected chi connectivity index (χ2v) is 4.83. The number of pyridine rings is 1. The number of carbonyl (C=O) groups excluding carboxylic acids is 1. The van der Waals surface area contributed by atoms with E-state index in [1.807, 2.05) is 0 Å². The molecule has 0 aliphatic heterocycles. The van der Waals surface area contributed by atoms with Gasteiger partial charge in [0.15, 0.2) is 5.78 Å². The summed E-state index contributed by atoms with van der Waals surface area (Å²) in [6.45, 7) is 0. The first kappa shape index (κ1) is 13.0. The van der Waals surface area contributed by atoms with Crippen LogP contribution in [-0.4, -0.2) is 10.8 Å². The fraction of sp³-hybridized carbons (Fsp3) is 0. The predicted octanol–water partition coefficient (Wildman–Crippen LogP) is 3.45. The molecule has 0 spiro atoms. The lowest BCUT2D eigenvalue weighted by atomic mass is 10.0. The number of hydrogen-bond donors (Lipinski definition) is 1. The van der Waals surface area contributed by atoms with Gasteiger partial charge in [0.2, 0.25) is 0 Å². The number of halogens is 3. The fourth-order valence-corrected chi connectivity index (χ4v) is 2.03. The molecule has 0 bridgehead atoms. The highest BCUT2D eigenvalue weighted by Gasteiger charge is 2.17. The van der Waals surface area contributed by atoms with Gasteiger partial charge in [-0.3, -0.25) is 4.79 Å². The number of benzene rings is 1. The van der Waals surface area contributed by atoms with Crippen molar-refractivity contribution >= 4 is 39.1 Å². The van der Waals surface area contributed by atoms with Crippen molar-refractivity contribution in [2.75, 3.05) is 5.73 Å². The number of rotatable bonds is 2. The molecule has 0 saturated heterocycles. The average molecular weight is 330 g/mol. The highest BCUT2D eigenvalue weighted by molar-refractivity contribution is 9.10. The van der Waals surface area contributed by atoms with E-state index in [2.05, 4.69) is 20.9 Å². The van der Waals surface area contributed by atoms with E-state index in [4.69, 9.17) is 17.3 Å². The van der Waals surface area contributed by atoms with E-state index in [1.54, 1.807) is 0 Å². The Labute approximate surface area is 116 Å². The van der Waals surface area contributed by atoms with E-state index in [0.29, 0.717) is 9.50 Å². The Kier molecular flexibility index (Phi) is 3.63. The van der Waals surface area contributed by atoms with Crippen LogP contribution in [0.4, 0.5) is 10.2 Å². The third-order valence-corrected chi connectivity index (χ3v) is 3.20. The largest absolute Gasteiger partial charge is 0.383 e. The highest BCUT2D eigenvalue weighted by Crippen LogP contribution is 2.24. The number of anilines is 1. The Morgan fingerprint density at radius 1 is 1.33 bits per heavy atom. The molecular weight excluding hydrogens is 322 g/mol. The Morgan fingerprint density at radius 3 is 2.78 bits per heavy atom. The van der Waals surface area contributed by atoms with Gasteiger partial charge in [-0.05, 0) is 24.3 Å². The Morgan fingerprint density at radius 2 is 2.06 bits per heavy atom. The van der Waals surface area contributed by atoms with Crippen LogP contribution in [0, 0.1) is 5.82 Å². The molecule has 1 aromatic carbocycles. The van der Waals surface area contributed by atoms with Crippen LogP contribution in [0.15, 0.2) is 34.9 Å². The molecule has 2 rings (SSSR count). The minimum absolute atomic E-state index is 0.0561. The maximum Gasteiger partial charge on any atom is 0.198 e. The van der Waals surface area contributed by atoms with Crippen LogP contribution < -0.4 is 5.73 Å². The molecule has 3 nitrogen and oxygen atoms in total. The topological polar surface area (TPSA) is 56.0 Å². The Hall–Kier alpha value is -1.46. The molecule has 0 unspecified atom stereocenters. The van der Waals surface area contributed by atoms with Crippen molar-refractivity contribution in [2.24, 2.45) is 0 Å². The van der Waals surface area contributed by atoms with Crippen molar-refractivity contribution in [3.63, 3.8) is 0 Å². The number of nitrogens with zero attached hydrogens (tertiary/aromatic N) is 1. The van der Waals surface area contributed by atoms with Crippen molar-refractivity contribution < 1.29 is 9.18 Å². The third kappa shape index (κ3) is 2.52. The first-order valence-corrected chi connectivity index (χ1v) is 6.07. The molecule has 1 heterocycles. The highest BCUT2D eigenvalue weighted by atomic mass is 79.9. The maximum atomic E-state index is 13.2. The van der Waals surface area contributed by atoms with Gasteiger partial charge in [-0.15, -0.1) is 0 Å². The van der Waals surface area contributed by atoms with Gasteiger partial charge in [0.1, 0.15) is 11.6 Å². The molecule has 0 atom stereocenters. The zero-order valence-corrected chi connectivity index (χ0v) is 11.3. The van der Waals surface area contributed by atoms with E-state index in [0.717, 1.165) is 6.07 Å². The summed E-state index contributed by atoms with van der Waals surface area (Å²) in [6, 6.07) is 5.24. The van der Waals surface area contributed by atoms with Gasteiger partial charge in [0.05, 0.1) is 10.6 Å². The molecule has 0 fully saturated rings. The van der Waals surface area contributed by atoms with Gasteiger partial charge in [-0.25, -0.2) is 9.37 Å². The van der Waals surface area contributed by atoms with Gasteiger partial charge >= 0.3 is 0 Å². The van der Waals surface area contributed by atoms with E-state index >= 15 is 0 Å². The van der Waals surface area contributed by atoms with Crippen LogP contribution in [0.25, 0.3) is 0 Å². The predicted molar refractivity (Wildman–Crippen MR) is 71.2 cm³/mol.